The highest BCUT2D eigenvalue weighted by Crippen LogP contribution is 2.36. The van der Waals surface area contributed by atoms with E-state index in [1.54, 1.807) is 0 Å². The van der Waals surface area contributed by atoms with Crippen LogP contribution in [0, 0.1) is 11.8 Å². The van der Waals surface area contributed by atoms with Crippen LogP contribution >= 0.6 is 0 Å². The molecule has 13 heavy (non-hydrogen) atoms. The molecule has 1 saturated carbocycles. The summed E-state index contributed by atoms with van der Waals surface area (Å²) in [6, 6.07) is 0.602. The van der Waals surface area contributed by atoms with Crippen molar-refractivity contribution in [2.75, 3.05) is 13.7 Å². The van der Waals surface area contributed by atoms with Crippen LogP contribution in [0.4, 0.5) is 0 Å². The Kier molecular flexibility index (Phi) is 2.89. The molecule has 2 rings (SSSR count). The third kappa shape index (κ3) is 2.23. The normalized spacial score (nSPS) is 36.5. The average molecular weight is 183 g/mol. The van der Waals surface area contributed by atoms with E-state index in [9.17, 15) is 0 Å². The van der Waals surface area contributed by atoms with Gasteiger partial charge in [0.2, 0.25) is 0 Å². The van der Waals surface area contributed by atoms with E-state index >= 15 is 0 Å². The molecule has 0 aromatic carbocycles. The molecule has 0 aromatic rings. The molecule has 1 heterocycles. The van der Waals surface area contributed by atoms with Crippen molar-refractivity contribution in [2.24, 2.45) is 11.8 Å². The lowest BCUT2D eigenvalue weighted by molar-refractivity contribution is 0.0589. The van der Waals surface area contributed by atoms with Crippen molar-refractivity contribution in [2.45, 2.75) is 44.8 Å². The maximum Gasteiger partial charge on any atom is 0.0754 e. The maximum absolute atomic E-state index is 5.78. The lowest BCUT2D eigenvalue weighted by Gasteiger charge is -2.25. The van der Waals surface area contributed by atoms with Gasteiger partial charge in [-0.1, -0.05) is 19.8 Å². The fourth-order valence-corrected chi connectivity index (χ4v) is 2.36. The Bertz CT molecular complexity index is 167. The molecular weight excluding hydrogens is 162 g/mol. The van der Waals surface area contributed by atoms with Crippen LogP contribution in [-0.2, 0) is 4.74 Å². The lowest BCUT2D eigenvalue weighted by Crippen LogP contribution is -2.40. The van der Waals surface area contributed by atoms with Gasteiger partial charge in [-0.05, 0) is 31.7 Å². The van der Waals surface area contributed by atoms with Gasteiger partial charge < -0.3 is 10.1 Å². The number of hydrogen-bond donors (Lipinski definition) is 1. The second kappa shape index (κ2) is 3.97. The van der Waals surface area contributed by atoms with Crippen molar-refractivity contribution in [3.63, 3.8) is 0 Å². The first-order valence-corrected chi connectivity index (χ1v) is 5.60. The zero-order valence-electron chi connectivity index (χ0n) is 8.75. The van der Waals surface area contributed by atoms with Gasteiger partial charge in [0.1, 0.15) is 0 Å². The zero-order chi connectivity index (χ0) is 9.26. The third-order valence-electron chi connectivity index (χ3n) is 3.50. The summed E-state index contributed by atoms with van der Waals surface area (Å²) < 4.78 is 5.78. The van der Waals surface area contributed by atoms with Crippen molar-refractivity contribution >= 4 is 0 Å². The number of ether oxygens (including phenoxy) is 1. The van der Waals surface area contributed by atoms with Gasteiger partial charge in [0, 0.05) is 12.6 Å². The topological polar surface area (TPSA) is 21.3 Å². The minimum absolute atomic E-state index is 0.477. The van der Waals surface area contributed by atoms with E-state index in [0.29, 0.717) is 12.1 Å². The fraction of sp³-hybridized carbons (Fsp3) is 1.00. The van der Waals surface area contributed by atoms with Gasteiger partial charge in [0.15, 0.2) is 0 Å². The molecule has 3 atom stereocenters. The monoisotopic (exact) mass is 183 g/mol. The predicted molar refractivity (Wildman–Crippen MR) is 53.7 cm³/mol. The molecule has 2 aliphatic rings. The number of likely N-dealkylation sites (N-methyl/N-ethyl adjacent to an activating group) is 1. The van der Waals surface area contributed by atoms with Gasteiger partial charge in [-0.25, -0.2) is 0 Å². The SMILES string of the molecule is CNC(CC1CC1)C1OCCC1C. The largest absolute Gasteiger partial charge is 0.376 e. The van der Waals surface area contributed by atoms with Crippen molar-refractivity contribution in [3.8, 4) is 0 Å². The molecule has 3 unspecified atom stereocenters. The molecule has 2 fully saturated rings. The van der Waals surface area contributed by atoms with Gasteiger partial charge in [-0.2, -0.15) is 0 Å². The van der Waals surface area contributed by atoms with E-state index < -0.39 is 0 Å². The summed E-state index contributed by atoms with van der Waals surface area (Å²) in [6.07, 6.45) is 5.93. The van der Waals surface area contributed by atoms with Crippen LogP contribution in [0.25, 0.3) is 0 Å². The van der Waals surface area contributed by atoms with Gasteiger partial charge in [-0.3, -0.25) is 0 Å². The molecule has 2 heteroatoms. The van der Waals surface area contributed by atoms with Crippen molar-refractivity contribution in [1.29, 1.82) is 0 Å². The summed E-state index contributed by atoms with van der Waals surface area (Å²) in [7, 11) is 2.07. The van der Waals surface area contributed by atoms with Gasteiger partial charge in [0.05, 0.1) is 6.10 Å². The van der Waals surface area contributed by atoms with E-state index in [1.807, 2.05) is 0 Å². The van der Waals surface area contributed by atoms with Crippen LogP contribution in [0.15, 0.2) is 0 Å². The van der Waals surface area contributed by atoms with Crippen LogP contribution in [0.3, 0.4) is 0 Å². The Morgan fingerprint density at radius 1 is 1.38 bits per heavy atom. The summed E-state index contributed by atoms with van der Waals surface area (Å²) in [5.74, 6) is 1.74. The maximum atomic E-state index is 5.78. The van der Waals surface area contributed by atoms with Crippen molar-refractivity contribution in [1.82, 2.24) is 5.32 Å². The summed E-state index contributed by atoms with van der Waals surface area (Å²) in [6.45, 7) is 3.28. The van der Waals surface area contributed by atoms with Crippen LogP contribution in [-0.4, -0.2) is 25.8 Å². The Hall–Kier alpha value is -0.0800. The molecule has 0 bridgehead atoms. The van der Waals surface area contributed by atoms with Gasteiger partial charge in [0.25, 0.3) is 0 Å². The highest BCUT2D eigenvalue weighted by Gasteiger charge is 2.34. The van der Waals surface area contributed by atoms with E-state index in [1.165, 1.54) is 25.7 Å². The third-order valence-corrected chi connectivity index (χ3v) is 3.50. The lowest BCUT2D eigenvalue weighted by atomic mass is 9.94. The van der Waals surface area contributed by atoms with Crippen molar-refractivity contribution < 1.29 is 4.74 Å². The van der Waals surface area contributed by atoms with Crippen LogP contribution < -0.4 is 5.32 Å². The summed E-state index contributed by atoms with van der Waals surface area (Å²) >= 11 is 0. The van der Waals surface area contributed by atoms with Crippen molar-refractivity contribution in [3.05, 3.63) is 0 Å². The number of nitrogens with one attached hydrogen (secondary N) is 1. The summed E-state index contributed by atoms with van der Waals surface area (Å²) in [5.41, 5.74) is 0. The highest BCUT2D eigenvalue weighted by atomic mass is 16.5. The first-order valence-electron chi connectivity index (χ1n) is 5.60. The summed E-state index contributed by atoms with van der Waals surface area (Å²) in [4.78, 5) is 0. The average Bonchev–Trinajstić information content (AvgIpc) is 2.85. The first kappa shape index (κ1) is 9.47. The molecular formula is C11H21NO. The van der Waals surface area contributed by atoms with E-state index in [-0.39, 0.29) is 0 Å². The molecule has 1 saturated heterocycles. The minimum atomic E-state index is 0.477. The molecule has 0 spiro atoms. The first-order chi connectivity index (χ1) is 6.31. The molecule has 0 aromatic heterocycles. The van der Waals surface area contributed by atoms with Crippen LogP contribution in [0.5, 0.6) is 0 Å². The highest BCUT2D eigenvalue weighted by molar-refractivity contribution is 4.88. The quantitative estimate of drug-likeness (QED) is 0.717. The Morgan fingerprint density at radius 3 is 2.62 bits per heavy atom. The van der Waals surface area contributed by atoms with E-state index in [0.717, 1.165) is 18.4 Å². The molecule has 0 amide bonds. The Labute approximate surface area is 81.0 Å². The van der Waals surface area contributed by atoms with E-state index in [4.69, 9.17) is 4.74 Å². The Balaban J connectivity index is 1.85. The zero-order valence-corrected chi connectivity index (χ0v) is 8.75. The number of rotatable bonds is 4. The molecule has 76 valence electrons. The predicted octanol–water partition coefficient (Wildman–Crippen LogP) is 1.80. The molecule has 2 nitrogen and oxygen atoms in total. The minimum Gasteiger partial charge on any atom is -0.376 e. The Morgan fingerprint density at radius 2 is 2.15 bits per heavy atom. The standard InChI is InChI=1S/C11H21NO/c1-8-5-6-13-11(8)10(12-2)7-9-3-4-9/h8-12H,3-7H2,1-2H3. The molecule has 1 N–H and O–H groups in total. The fourth-order valence-electron chi connectivity index (χ4n) is 2.36. The van der Waals surface area contributed by atoms with E-state index in [2.05, 4.69) is 19.3 Å². The molecule has 1 aliphatic heterocycles. The second-order valence-electron chi connectivity index (χ2n) is 4.68. The molecule has 0 radical (unpaired) electrons. The summed E-state index contributed by atoms with van der Waals surface area (Å²) in [5, 5.41) is 3.42. The van der Waals surface area contributed by atoms with Crippen LogP contribution in [0.1, 0.15) is 32.6 Å². The second-order valence-corrected chi connectivity index (χ2v) is 4.68. The number of hydrogen-bond acceptors (Lipinski definition) is 2. The van der Waals surface area contributed by atoms with Crippen LogP contribution in [0.2, 0.25) is 0 Å². The smallest absolute Gasteiger partial charge is 0.0754 e. The molecule has 1 aliphatic carbocycles. The van der Waals surface area contributed by atoms with Gasteiger partial charge in [-0.15, -0.1) is 0 Å². The van der Waals surface area contributed by atoms with Gasteiger partial charge >= 0.3 is 0 Å².